The van der Waals surface area contributed by atoms with Gasteiger partial charge >= 0.3 is 0 Å². The van der Waals surface area contributed by atoms with Crippen LogP contribution in [0, 0.1) is 6.92 Å². The summed E-state index contributed by atoms with van der Waals surface area (Å²) in [6.07, 6.45) is 0.887. The summed E-state index contributed by atoms with van der Waals surface area (Å²) in [6.45, 7) is 5.28. The predicted molar refractivity (Wildman–Crippen MR) is 89.3 cm³/mol. The molecule has 0 aliphatic heterocycles. The zero-order valence-electron chi connectivity index (χ0n) is 12.6. The van der Waals surface area contributed by atoms with E-state index < -0.39 is 0 Å². The van der Waals surface area contributed by atoms with Crippen LogP contribution in [-0.4, -0.2) is 13.2 Å². The second-order valence-corrected chi connectivity index (χ2v) is 5.68. The van der Waals surface area contributed by atoms with Crippen LogP contribution in [0.1, 0.15) is 29.5 Å². The molecule has 0 heterocycles. The Morgan fingerprint density at radius 1 is 1.19 bits per heavy atom. The van der Waals surface area contributed by atoms with E-state index in [0.29, 0.717) is 13.2 Å². The molecular formula is C18H22ClNO. The van der Waals surface area contributed by atoms with Crippen molar-refractivity contribution in [2.75, 3.05) is 13.2 Å². The van der Waals surface area contributed by atoms with Gasteiger partial charge in [-0.1, -0.05) is 41.4 Å². The Morgan fingerprint density at radius 3 is 2.67 bits per heavy atom. The Hall–Kier alpha value is -1.51. The van der Waals surface area contributed by atoms with Gasteiger partial charge in [0.05, 0.1) is 6.61 Å². The summed E-state index contributed by atoms with van der Waals surface area (Å²) < 4.78 is 5.72. The third-order valence-corrected chi connectivity index (χ3v) is 3.80. The summed E-state index contributed by atoms with van der Waals surface area (Å²) in [5.41, 5.74) is 9.65. The lowest BCUT2D eigenvalue weighted by Crippen LogP contribution is -2.16. The molecule has 0 spiro atoms. The summed E-state index contributed by atoms with van der Waals surface area (Å²) in [7, 11) is 0. The number of hydrogen-bond donors (Lipinski definition) is 1. The van der Waals surface area contributed by atoms with E-state index in [4.69, 9.17) is 22.1 Å². The van der Waals surface area contributed by atoms with E-state index in [9.17, 15) is 0 Å². The van der Waals surface area contributed by atoms with Crippen molar-refractivity contribution in [3.05, 3.63) is 64.2 Å². The van der Waals surface area contributed by atoms with E-state index >= 15 is 0 Å². The minimum Gasteiger partial charge on any atom is -0.494 e. The average Bonchev–Trinajstić information content (AvgIpc) is 2.47. The molecule has 112 valence electrons. The molecule has 0 radical (unpaired) electrons. The number of halogens is 1. The van der Waals surface area contributed by atoms with Crippen LogP contribution in [0.15, 0.2) is 42.5 Å². The number of benzene rings is 2. The van der Waals surface area contributed by atoms with E-state index in [1.807, 2.05) is 25.1 Å². The molecule has 0 saturated heterocycles. The first-order valence-electron chi connectivity index (χ1n) is 7.32. The number of hydrogen-bond acceptors (Lipinski definition) is 2. The van der Waals surface area contributed by atoms with Crippen LogP contribution in [0.4, 0.5) is 0 Å². The molecule has 0 amide bonds. The fraction of sp³-hybridized carbons (Fsp3) is 0.333. The lowest BCUT2D eigenvalue weighted by Gasteiger charge is -2.19. The highest BCUT2D eigenvalue weighted by molar-refractivity contribution is 6.30. The molecule has 1 unspecified atom stereocenters. The first-order chi connectivity index (χ1) is 10.1. The van der Waals surface area contributed by atoms with E-state index in [2.05, 4.69) is 31.2 Å². The molecular weight excluding hydrogens is 282 g/mol. The monoisotopic (exact) mass is 303 g/mol. The minimum absolute atomic E-state index is 0.201. The third-order valence-electron chi connectivity index (χ3n) is 3.56. The van der Waals surface area contributed by atoms with Crippen molar-refractivity contribution in [2.45, 2.75) is 26.2 Å². The summed E-state index contributed by atoms with van der Waals surface area (Å²) in [4.78, 5) is 0. The van der Waals surface area contributed by atoms with Crippen LogP contribution < -0.4 is 10.5 Å². The normalized spacial score (nSPS) is 12.2. The van der Waals surface area contributed by atoms with E-state index in [1.54, 1.807) is 0 Å². The molecule has 0 aliphatic carbocycles. The van der Waals surface area contributed by atoms with Gasteiger partial charge in [-0.15, -0.1) is 0 Å². The topological polar surface area (TPSA) is 35.2 Å². The number of rotatable bonds is 6. The number of ether oxygens (including phenoxy) is 1. The molecule has 2 N–H and O–H groups in total. The average molecular weight is 304 g/mol. The highest BCUT2D eigenvalue weighted by Gasteiger charge is 2.16. The van der Waals surface area contributed by atoms with Gasteiger partial charge in [-0.2, -0.15) is 0 Å². The van der Waals surface area contributed by atoms with Gasteiger partial charge in [-0.3, -0.25) is 0 Å². The van der Waals surface area contributed by atoms with Crippen LogP contribution in [0.5, 0.6) is 5.75 Å². The van der Waals surface area contributed by atoms with Crippen LogP contribution in [0.25, 0.3) is 0 Å². The maximum absolute atomic E-state index is 6.15. The molecule has 0 fully saturated rings. The fourth-order valence-electron chi connectivity index (χ4n) is 2.57. The molecule has 2 rings (SSSR count). The van der Waals surface area contributed by atoms with Crippen molar-refractivity contribution < 1.29 is 4.74 Å². The maximum Gasteiger partial charge on any atom is 0.122 e. The van der Waals surface area contributed by atoms with Crippen LogP contribution in [-0.2, 0) is 6.42 Å². The highest BCUT2D eigenvalue weighted by Crippen LogP contribution is 2.31. The quantitative estimate of drug-likeness (QED) is 0.862. The van der Waals surface area contributed by atoms with Crippen LogP contribution in [0.2, 0.25) is 5.02 Å². The highest BCUT2D eigenvalue weighted by atomic mass is 35.5. The smallest absolute Gasteiger partial charge is 0.122 e. The second kappa shape index (κ2) is 7.48. The van der Waals surface area contributed by atoms with Gasteiger partial charge in [-0.05, 0) is 50.6 Å². The van der Waals surface area contributed by atoms with Crippen molar-refractivity contribution in [3.8, 4) is 5.75 Å². The summed E-state index contributed by atoms with van der Waals surface area (Å²) in [5, 5.41) is 0.719. The first-order valence-corrected chi connectivity index (χ1v) is 7.69. The van der Waals surface area contributed by atoms with E-state index in [0.717, 1.165) is 22.8 Å². The minimum atomic E-state index is 0.201. The Bertz CT molecular complexity index is 598. The second-order valence-electron chi connectivity index (χ2n) is 5.24. The van der Waals surface area contributed by atoms with Gasteiger partial charge in [0.1, 0.15) is 5.75 Å². The van der Waals surface area contributed by atoms with Gasteiger partial charge in [0.15, 0.2) is 0 Å². The van der Waals surface area contributed by atoms with Gasteiger partial charge < -0.3 is 10.5 Å². The Balaban J connectivity index is 2.30. The van der Waals surface area contributed by atoms with Gasteiger partial charge in [0, 0.05) is 16.5 Å². The summed E-state index contributed by atoms with van der Waals surface area (Å²) in [5.74, 6) is 1.08. The van der Waals surface area contributed by atoms with Crippen molar-refractivity contribution in [1.82, 2.24) is 0 Å². The van der Waals surface area contributed by atoms with Gasteiger partial charge in [0.25, 0.3) is 0 Å². The molecule has 0 bridgehead atoms. The number of aryl methyl sites for hydroxylation is 1. The van der Waals surface area contributed by atoms with Crippen LogP contribution in [0.3, 0.4) is 0 Å². The maximum atomic E-state index is 6.15. The zero-order valence-corrected chi connectivity index (χ0v) is 13.4. The van der Waals surface area contributed by atoms with Crippen molar-refractivity contribution in [3.63, 3.8) is 0 Å². The first kappa shape index (κ1) is 15.9. The lowest BCUT2D eigenvalue weighted by molar-refractivity contribution is 0.334. The molecule has 3 heteroatoms. The lowest BCUT2D eigenvalue weighted by atomic mass is 9.91. The predicted octanol–water partition coefficient (Wildman–Crippen LogP) is 4.33. The van der Waals surface area contributed by atoms with Crippen molar-refractivity contribution >= 4 is 11.6 Å². The molecule has 2 nitrogen and oxygen atoms in total. The molecule has 0 saturated carbocycles. The Kier molecular flexibility index (Phi) is 5.66. The standard InChI is InChI=1S/C18H22ClNO/c1-3-21-18-8-7-16(19)11-17(18)15(12-20)10-14-6-4-5-13(2)9-14/h4-9,11,15H,3,10,12,20H2,1-2H3. The Labute approximate surface area is 131 Å². The molecule has 0 aromatic heterocycles. The largest absolute Gasteiger partial charge is 0.494 e. The van der Waals surface area contributed by atoms with Gasteiger partial charge in [-0.25, -0.2) is 0 Å². The SMILES string of the molecule is CCOc1ccc(Cl)cc1C(CN)Cc1cccc(C)c1. The van der Waals surface area contributed by atoms with Crippen molar-refractivity contribution in [2.24, 2.45) is 5.73 Å². The molecule has 2 aromatic rings. The van der Waals surface area contributed by atoms with E-state index in [1.165, 1.54) is 11.1 Å². The molecule has 0 aliphatic rings. The van der Waals surface area contributed by atoms with Crippen molar-refractivity contribution in [1.29, 1.82) is 0 Å². The third kappa shape index (κ3) is 4.23. The summed E-state index contributed by atoms with van der Waals surface area (Å²) in [6, 6.07) is 14.3. The van der Waals surface area contributed by atoms with Crippen LogP contribution >= 0.6 is 11.6 Å². The van der Waals surface area contributed by atoms with Gasteiger partial charge in [0.2, 0.25) is 0 Å². The zero-order chi connectivity index (χ0) is 15.2. The Morgan fingerprint density at radius 2 is 2.00 bits per heavy atom. The molecule has 21 heavy (non-hydrogen) atoms. The van der Waals surface area contributed by atoms with E-state index in [-0.39, 0.29) is 5.92 Å². The summed E-state index contributed by atoms with van der Waals surface area (Å²) >= 11 is 6.15. The molecule has 1 atom stereocenters. The fourth-order valence-corrected chi connectivity index (χ4v) is 2.75. The molecule has 2 aromatic carbocycles. The number of nitrogens with two attached hydrogens (primary N) is 1.